The van der Waals surface area contributed by atoms with Crippen molar-refractivity contribution in [3.8, 4) is 0 Å². The zero-order chi connectivity index (χ0) is 93.5. The van der Waals surface area contributed by atoms with Gasteiger partial charge in [0, 0.05) is 39.5 Å². The van der Waals surface area contributed by atoms with Gasteiger partial charge in [-0.15, -0.1) is 0 Å². The van der Waals surface area contributed by atoms with E-state index in [0.29, 0.717) is 113 Å². The van der Waals surface area contributed by atoms with E-state index in [-0.39, 0.29) is 35.8 Å². The lowest BCUT2D eigenvalue weighted by molar-refractivity contribution is -0.144. The molecule has 0 aliphatic heterocycles. The van der Waals surface area contributed by atoms with E-state index in [9.17, 15) is 28.8 Å². The summed E-state index contributed by atoms with van der Waals surface area (Å²) < 4.78 is 31.8. The molecule has 0 aromatic carbocycles. The van der Waals surface area contributed by atoms with Gasteiger partial charge in [0.25, 0.3) is 0 Å². The van der Waals surface area contributed by atoms with Crippen LogP contribution in [0.4, 0.5) is 0 Å². The van der Waals surface area contributed by atoms with Gasteiger partial charge in [-0.05, 0) is 402 Å². The zero-order valence-corrected chi connectivity index (χ0v) is 85.5. The maximum absolute atomic E-state index is 11.7. The third-order valence-corrected chi connectivity index (χ3v) is 31.1. The first-order valence-corrected chi connectivity index (χ1v) is 51.4. The van der Waals surface area contributed by atoms with Gasteiger partial charge in [0.1, 0.15) is 39.6 Å². The maximum atomic E-state index is 11.7. The highest BCUT2D eigenvalue weighted by molar-refractivity contribution is 5.71. The number of fused-ring (bicyclic) bond motifs is 6. The van der Waals surface area contributed by atoms with Crippen molar-refractivity contribution in [2.75, 3.05) is 39.6 Å². The van der Waals surface area contributed by atoms with Crippen LogP contribution in [-0.4, -0.2) is 75.5 Å². The molecule has 12 nitrogen and oxygen atoms in total. The predicted octanol–water partition coefficient (Wildman–Crippen LogP) is 30.4. The quantitative estimate of drug-likeness (QED) is 0.0303. The van der Waals surface area contributed by atoms with Gasteiger partial charge in [0.2, 0.25) is 0 Å². The Hall–Kier alpha value is -6.30. The first kappa shape index (κ1) is 108. The summed E-state index contributed by atoms with van der Waals surface area (Å²) in [5, 5.41) is 0. The Morgan fingerprint density at radius 2 is 0.457 bits per heavy atom. The summed E-state index contributed by atoms with van der Waals surface area (Å²) in [5.41, 5.74) is 27.0. The minimum absolute atomic E-state index is 0.0439. The van der Waals surface area contributed by atoms with Crippen LogP contribution >= 0.6 is 0 Å². The molecule has 12 unspecified atom stereocenters. The van der Waals surface area contributed by atoms with E-state index in [2.05, 4.69) is 175 Å². The summed E-state index contributed by atoms with van der Waals surface area (Å²) >= 11 is 0. The molecule has 0 heterocycles. The highest BCUT2D eigenvalue weighted by Crippen LogP contribution is 2.54. The van der Waals surface area contributed by atoms with E-state index in [1.54, 1.807) is 66.9 Å². The largest absolute Gasteiger partial charge is 0.461 e. The molecule has 6 fully saturated rings. The van der Waals surface area contributed by atoms with E-state index in [1.165, 1.54) is 201 Å². The molecule has 0 spiro atoms. The number of rotatable bonds is 29. The van der Waals surface area contributed by atoms with Gasteiger partial charge >= 0.3 is 35.8 Å². The monoisotopic (exact) mass is 1760 g/mol. The van der Waals surface area contributed by atoms with Gasteiger partial charge < -0.3 is 28.4 Å². The summed E-state index contributed by atoms with van der Waals surface area (Å²) in [7, 11) is 0. The van der Waals surface area contributed by atoms with Crippen LogP contribution in [0.3, 0.4) is 0 Å². The van der Waals surface area contributed by atoms with Gasteiger partial charge in [-0.25, -0.2) is 0 Å². The van der Waals surface area contributed by atoms with Gasteiger partial charge in [0.15, 0.2) is 0 Å². The van der Waals surface area contributed by atoms with Crippen molar-refractivity contribution >= 4 is 35.8 Å². The average Bonchev–Trinajstić information content (AvgIpc) is 1.69. The molecule has 0 radical (unpaired) electrons. The fourth-order valence-electron chi connectivity index (χ4n) is 24.2. The molecule has 0 bridgehead atoms. The molecule has 0 N–H and O–H groups in total. The SMILES string of the molecule is CC(=O)OC/C(C)=C/[C@@H]1CCC(C)C2CCC(C)=C21.CC(=O)OC/C(C)=C\[C@@H]1CCC(C)C2CCC(C)=C21.CC1=C2C(CC1)C(C)CC[C@H]2/C=C(/C)COC(=O)CC(C)C.CC1=C2C(CC1)C(C)CC[C@H]2/C=C(\C)COC(=O)CC(C)C.CCCCC(=O)OC/C(C)=C/[C@@H]1CCC(C)C2CCC(C)=C21.CCCCCC(=O)OC/C(C)=C\[C@@H]1CCC(C)C2CCC(C)=C21. The van der Waals surface area contributed by atoms with Crippen molar-refractivity contribution in [2.45, 2.75) is 392 Å². The minimum Gasteiger partial charge on any atom is -0.461 e. The Bertz CT molecular complexity index is 3850. The summed E-state index contributed by atoms with van der Waals surface area (Å²) in [4.78, 5) is 68.4. The Balaban J connectivity index is 0.000000209. The number of carbonyl (C=O) groups is 6. The van der Waals surface area contributed by atoms with Gasteiger partial charge in [0.05, 0.1) is 0 Å². The van der Waals surface area contributed by atoms with E-state index < -0.39 is 0 Å². The van der Waals surface area contributed by atoms with E-state index >= 15 is 0 Å². The standard InChI is InChI=1S/C21H34O2.3C20H32O2.2C17H26O2/c1-5-6-7-8-20(22)23-14-15(2)13-18-11-9-16(3)19-12-10-17(4)21(18)19;2*1-13(2)10-19(21)22-12-14(3)11-17-8-6-15(4)18-9-7-16(5)20(17)18;1-5-6-7-19(21)22-13-14(2)12-17-10-8-15(3)18-11-9-16(4)20(17)18;2*1-11(10-19-14(4)18)9-15-7-5-12(2)16-8-6-13(3)17(15)16/h13,16,18-19H,5-12,14H2,1-4H3;2*11,13,15,17-18H,6-10,12H2,1-5H3;12,15,17-18H,5-11,13H2,1-4H3;2*9,12,15-16H,5-8,10H2,1-4H3/b15-13-;14-11+;14-11-;14-12+;11-9+;11-9-/t16?,18-,19?;3*15?,17-,18?;2*12?,15-,16?/m000000/s1. The third-order valence-electron chi connectivity index (χ3n) is 31.1. The maximum Gasteiger partial charge on any atom is 0.306 e. The van der Waals surface area contributed by atoms with Crippen LogP contribution in [0.15, 0.2) is 137 Å². The molecule has 714 valence electrons. The summed E-state index contributed by atoms with van der Waals surface area (Å²) in [6, 6.07) is 0. The molecule has 0 saturated heterocycles. The number of ether oxygens (including phenoxy) is 6. The Labute approximate surface area is 775 Å². The number of unbranched alkanes of at least 4 members (excludes halogenated alkanes) is 3. The second-order valence-corrected chi connectivity index (χ2v) is 43.3. The molecule has 12 rings (SSSR count). The lowest BCUT2D eigenvalue weighted by Gasteiger charge is -2.34. The fourth-order valence-corrected chi connectivity index (χ4v) is 24.2. The normalized spacial score (nSPS) is 29.5. The molecular formula is C115H182O12. The van der Waals surface area contributed by atoms with Gasteiger partial charge in [-0.2, -0.15) is 0 Å². The number of hydrogen-bond donors (Lipinski definition) is 0. The molecule has 12 aliphatic carbocycles. The van der Waals surface area contributed by atoms with Crippen LogP contribution in [0.2, 0.25) is 0 Å². The first-order chi connectivity index (χ1) is 60.3. The lowest BCUT2D eigenvalue weighted by Crippen LogP contribution is -2.23. The minimum atomic E-state index is -0.195. The molecule has 18 atom stereocenters. The molecule has 0 aromatic rings. The van der Waals surface area contributed by atoms with Crippen LogP contribution in [-0.2, 0) is 57.2 Å². The van der Waals surface area contributed by atoms with Crippen molar-refractivity contribution in [1.29, 1.82) is 0 Å². The Kier molecular flexibility index (Phi) is 45.8. The van der Waals surface area contributed by atoms with Crippen LogP contribution in [0.25, 0.3) is 0 Å². The molecular weight excluding hydrogens is 1570 g/mol. The molecule has 12 aliphatic rings. The van der Waals surface area contributed by atoms with Crippen molar-refractivity contribution < 1.29 is 57.2 Å². The highest BCUT2D eigenvalue weighted by atomic mass is 16.6. The van der Waals surface area contributed by atoms with Crippen LogP contribution in [0.1, 0.15) is 392 Å². The average molecular weight is 1760 g/mol. The molecule has 0 amide bonds. The number of hydrogen-bond acceptors (Lipinski definition) is 12. The van der Waals surface area contributed by atoms with Crippen molar-refractivity contribution in [3.05, 3.63) is 137 Å². The molecule has 0 aromatic heterocycles. The van der Waals surface area contributed by atoms with Gasteiger partial charge in [-0.1, -0.05) is 206 Å². The second-order valence-electron chi connectivity index (χ2n) is 43.3. The van der Waals surface area contributed by atoms with Gasteiger partial charge in [-0.3, -0.25) is 28.8 Å². The second kappa shape index (κ2) is 54.0. The molecule has 6 saturated carbocycles. The summed E-state index contributed by atoms with van der Waals surface area (Å²) in [5.74, 6) is 13.4. The fraction of sp³-hybridized carbons (Fsp3) is 0.739. The smallest absolute Gasteiger partial charge is 0.306 e. The number of esters is 6. The summed E-state index contributed by atoms with van der Waals surface area (Å²) in [6.45, 7) is 58.9. The van der Waals surface area contributed by atoms with Crippen molar-refractivity contribution in [3.63, 3.8) is 0 Å². The molecule has 127 heavy (non-hydrogen) atoms. The van der Waals surface area contributed by atoms with E-state index in [4.69, 9.17) is 28.4 Å². The lowest BCUT2D eigenvalue weighted by atomic mass is 9.71. The molecule has 12 heteroatoms. The van der Waals surface area contributed by atoms with Crippen LogP contribution in [0, 0.1) is 118 Å². The first-order valence-electron chi connectivity index (χ1n) is 51.4. The Morgan fingerprint density at radius 3 is 0.646 bits per heavy atom. The van der Waals surface area contributed by atoms with E-state index in [1.807, 2.05) is 27.7 Å². The topological polar surface area (TPSA) is 158 Å². The van der Waals surface area contributed by atoms with Crippen LogP contribution in [0.5, 0.6) is 0 Å². The summed E-state index contributed by atoms with van der Waals surface area (Å²) in [6.07, 6.45) is 52.7. The number of allylic oxidation sites excluding steroid dienone is 18. The van der Waals surface area contributed by atoms with Crippen molar-refractivity contribution in [1.82, 2.24) is 0 Å². The zero-order valence-electron chi connectivity index (χ0n) is 85.5. The predicted molar refractivity (Wildman–Crippen MR) is 526 cm³/mol. The Morgan fingerprint density at radius 1 is 0.268 bits per heavy atom. The van der Waals surface area contributed by atoms with Crippen molar-refractivity contribution in [2.24, 2.45) is 118 Å². The third kappa shape index (κ3) is 34.0. The highest BCUT2D eigenvalue weighted by Gasteiger charge is 2.42. The van der Waals surface area contributed by atoms with E-state index in [0.717, 1.165) is 103 Å². The van der Waals surface area contributed by atoms with Crippen LogP contribution < -0.4 is 0 Å². The number of carbonyl (C=O) groups excluding carboxylic acids is 6.